The highest BCUT2D eigenvalue weighted by atomic mass is 31.2. The van der Waals surface area contributed by atoms with Crippen LogP contribution in [-0.2, 0) is 9.72 Å². The lowest BCUT2D eigenvalue weighted by atomic mass is 9.71. The van der Waals surface area contributed by atoms with Crippen molar-refractivity contribution in [1.29, 1.82) is 0 Å². The summed E-state index contributed by atoms with van der Waals surface area (Å²) in [6.07, 6.45) is 2.50. The Morgan fingerprint density at radius 2 is 1.65 bits per heavy atom. The van der Waals surface area contributed by atoms with Crippen molar-refractivity contribution in [2.45, 2.75) is 36.8 Å². The summed E-state index contributed by atoms with van der Waals surface area (Å²) >= 11 is 0. The van der Waals surface area contributed by atoms with E-state index >= 15 is 0 Å². The molecule has 0 heterocycles. The molecular weight excluding hydrogens is 314 g/mol. The first-order valence-corrected chi connectivity index (χ1v) is 9.43. The van der Waals surface area contributed by atoms with Gasteiger partial charge < -0.3 is 9.79 Å². The van der Waals surface area contributed by atoms with Crippen LogP contribution < -0.4 is 0 Å². The predicted octanol–water partition coefficient (Wildman–Crippen LogP) is 4.56. The van der Waals surface area contributed by atoms with Crippen LogP contribution >= 0.6 is 7.60 Å². The predicted molar refractivity (Wildman–Crippen MR) is 87.8 cm³/mol. The fourth-order valence-electron chi connectivity index (χ4n) is 3.92. The van der Waals surface area contributed by atoms with Crippen molar-refractivity contribution >= 4 is 7.60 Å². The van der Waals surface area contributed by atoms with Crippen molar-refractivity contribution in [3.05, 3.63) is 71.5 Å². The maximum absolute atomic E-state index is 14.5. The van der Waals surface area contributed by atoms with Gasteiger partial charge in [0.1, 0.15) is 11.0 Å². The average Bonchev–Trinajstić information content (AvgIpc) is 2.55. The Morgan fingerprint density at radius 1 is 1.00 bits per heavy atom. The third kappa shape index (κ3) is 2.76. The van der Waals surface area contributed by atoms with E-state index in [4.69, 9.17) is 0 Å². The van der Waals surface area contributed by atoms with E-state index in [-0.39, 0.29) is 12.0 Å². The van der Waals surface area contributed by atoms with Crippen molar-refractivity contribution in [2.24, 2.45) is 0 Å². The quantitative estimate of drug-likeness (QED) is 0.809. The van der Waals surface area contributed by atoms with Gasteiger partial charge in [-0.05, 0) is 24.5 Å². The average molecular weight is 334 g/mol. The highest BCUT2D eigenvalue weighted by Gasteiger charge is 2.56. The van der Waals surface area contributed by atoms with E-state index in [1.54, 1.807) is 12.1 Å². The molecule has 1 aliphatic carbocycles. The number of hydrogen-bond donors (Lipinski definition) is 2. The Bertz CT molecular complexity index is 728. The van der Waals surface area contributed by atoms with Crippen molar-refractivity contribution in [3.8, 4) is 0 Å². The van der Waals surface area contributed by atoms with E-state index in [2.05, 4.69) is 0 Å². The molecule has 2 N–H and O–H groups in total. The third-order valence-electron chi connectivity index (χ3n) is 4.94. The van der Waals surface area contributed by atoms with E-state index in [0.717, 1.165) is 12.0 Å². The normalized spacial score (nSPS) is 25.3. The van der Waals surface area contributed by atoms with E-state index in [0.29, 0.717) is 12.8 Å². The molecule has 3 rings (SSSR count). The summed E-state index contributed by atoms with van der Waals surface area (Å²) in [5.41, 5.74) is 1.00. The zero-order chi connectivity index (χ0) is 16.5. The molecule has 0 bridgehead atoms. The molecule has 0 aromatic heterocycles. The van der Waals surface area contributed by atoms with Gasteiger partial charge in [-0.2, -0.15) is 0 Å². The van der Waals surface area contributed by atoms with Gasteiger partial charge in [0.25, 0.3) is 0 Å². The molecule has 122 valence electrons. The molecule has 3 nitrogen and oxygen atoms in total. The van der Waals surface area contributed by atoms with Crippen LogP contribution in [0.2, 0.25) is 0 Å². The SMILES string of the molecule is O=P(O)(O)C1(c2ccccc2F)CCCCC1c1ccccc1. The Labute approximate surface area is 135 Å². The molecule has 23 heavy (non-hydrogen) atoms. The monoisotopic (exact) mass is 334 g/mol. The molecule has 0 spiro atoms. The summed E-state index contributed by atoms with van der Waals surface area (Å²) in [7, 11) is -4.58. The number of rotatable bonds is 3. The van der Waals surface area contributed by atoms with Gasteiger partial charge in [0.2, 0.25) is 0 Å². The van der Waals surface area contributed by atoms with E-state index in [1.807, 2.05) is 30.3 Å². The summed E-state index contributed by atoms with van der Waals surface area (Å²) in [5, 5.41) is -1.49. The molecule has 0 aliphatic heterocycles. The maximum Gasteiger partial charge on any atom is 0.336 e. The zero-order valence-corrected chi connectivity index (χ0v) is 13.6. The third-order valence-corrected chi connectivity index (χ3v) is 6.75. The number of benzene rings is 2. The lowest BCUT2D eigenvalue weighted by molar-refractivity contribution is 0.250. The highest BCUT2D eigenvalue weighted by molar-refractivity contribution is 7.53. The Morgan fingerprint density at radius 3 is 2.30 bits per heavy atom. The lowest BCUT2D eigenvalue weighted by Crippen LogP contribution is -2.37. The summed E-state index contributed by atoms with van der Waals surface area (Å²) < 4.78 is 27.1. The van der Waals surface area contributed by atoms with Crippen LogP contribution in [0, 0.1) is 5.82 Å². The van der Waals surface area contributed by atoms with Crippen molar-refractivity contribution in [3.63, 3.8) is 0 Å². The molecular formula is C18H20FO3P. The second-order valence-corrected chi connectivity index (χ2v) is 8.04. The minimum atomic E-state index is -4.58. The summed E-state index contributed by atoms with van der Waals surface area (Å²) in [6, 6.07) is 15.3. The molecule has 5 heteroatoms. The summed E-state index contributed by atoms with van der Waals surface area (Å²) in [5.74, 6) is -0.936. The Balaban J connectivity index is 2.25. The molecule has 2 aromatic rings. The topological polar surface area (TPSA) is 57.5 Å². The molecule has 0 amide bonds. The molecule has 2 aromatic carbocycles. The molecule has 0 radical (unpaired) electrons. The summed E-state index contributed by atoms with van der Waals surface area (Å²) in [4.78, 5) is 20.5. The van der Waals surface area contributed by atoms with Crippen LogP contribution in [0.1, 0.15) is 42.7 Å². The van der Waals surface area contributed by atoms with E-state index in [9.17, 15) is 18.7 Å². The van der Waals surface area contributed by atoms with E-state index < -0.39 is 24.5 Å². The van der Waals surface area contributed by atoms with Crippen molar-refractivity contribution in [2.75, 3.05) is 0 Å². The van der Waals surface area contributed by atoms with E-state index in [1.165, 1.54) is 12.1 Å². The van der Waals surface area contributed by atoms with Crippen molar-refractivity contribution in [1.82, 2.24) is 0 Å². The van der Waals surface area contributed by atoms with Gasteiger partial charge >= 0.3 is 7.60 Å². The molecule has 2 unspecified atom stereocenters. The van der Waals surface area contributed by atoms with Gasteiger partial charge in [0.15, 0.2) is 0 Å². The first-order valence-electron chi connectivity index (χ1n) is 7.82. The van der Waals surface area contributed by atoms with Crippen LogP contribution in [0.5, 0.6) is 0 Å². The minimum absolute atomic E-state index is 0.141. The van der Waals surface area contributed by atoms with Gasteiger partial charge in [0, 0.05) is 11.5 Å². The van der Waals surface area contributed by atoms with Crippen molar-refractivity contribution < 1.29 is 18.7 Å². The molecule has 1 saturated carbocycles. The molecule has 0 saturated heterocycles. The minimum Gasteiger partial charge on any atom is -0.324 e. The van der Waals surface area contributed by atoms with Crippen LogP contribution in [-0.4, -0.2) is 9.79 Å². The van der Waals surface area contributed by atoms with Gasteiger partial charge in [-0.1, -0.05) is 61.4 Å². The van der Waals surface area contributed by atoms with Crippen LogP contribution in [0.3, 0.4) is 0 Å². The van der Waals surface area contributed by atoms with Crippen LogP contribution in [0.25, 0.3) is 0 Å². The molecule has 2 atom stereocenters. The second kappa shape index (κ2) is 6.20. The Hall–Kier alpha value is -1.48. The largest absolute Gasteiger partial charge is 0.336 e. The fourth-order valence-corrected chi connectivity index (χ4v) is 5.55. The number of halogens is 1. The Kier molecular flexibility index (Phi) is 4.41. The maximum atomic E-state index is 14.5. The highest BCUT2D eigenvalue weighted by Crippen LogP contribution is 2.68. The zero-order valence-electron chi connectivity index (χ0n) is 12.7. The van der Waals surface area contributed by atoms with Gasteiger partial charge in [-0.15, -0.1) is 0 Å². The van der Waals surface area contributed by atoms with Crippen LogP contribution in [0.4, 0.5) is 4.39 Å². The van der Waals surface area contributed by atoms with Gasteiger partial charge in [-0.25, -0.2) is 4.39 Å². The van der Waals surface area contributed by atoms with Gasteiger partial charge in [-0.3, -0.25) is 4.57 Å². The fraction of sp³-hybridized carbons (Fsp3) is 0.333. The molecule has 1 fully saturated rings. The standard InChI is InChI=1S/C18H20FO3P/c19-17-12-5-4-11-16(17)18(23(20,21)22)13-7-6-10-15(18)14-8-2-1-3-9-14/h1-5,8-9,11-12,15H,6-7,10,13H2,(H2,20,21,22). The summed E-state index contributed by atoms with van der Waals surface area (Å²) in [6.45, 7) is 0. The van der Waals surface area contributed by atoms with Gasteiger partial charge in [0.05, 0.1) is 0 Å². The first-order chi connectivity index (χ1) is 11.0. The van der Waals surface area contributed by atoms with Crippen LogP contribution in [0.15, 0.2) is 54.6 Å². The smallest absolute Gasteiger partial charge is 0.324 e. The lowest BCUT2D eigenvalue weighted by Gasteiger charge is -2.45. The second-order valence-electron chi connectivity index (χ2n) is 6.16. The number of hydrogen-bond acceptors (Lipinski definition) is 1. The molecule has 1 aliphatic rings. The first kappa shape index (κ1) is 16.4.